The molecule has 14 rings (SSSR count). The van der Waals surface area contributed by atoms with Crippen LogP contribution in [0.4, 0.5) is 0 Å². The van der Waals surface area contributed by atoms with Crippen LogP contribution in [-0.2, 0) is 0 Å². The Hall–Kier alpha value is -10.1. The molecule has 7 aromatic heterocycles. The van der Waals surface area contributed by atoms with Crippen molar-refractivity contribution in [3.63, 3.8) is 0 Å². The zero-order chi connectivity index (χ0) is 47.5. The predicted octanol–water partition coefficient (Wildman–Crippen LogP) is 15.4. The molecule has 0 N–H and O–H groups in total. The summed E-state index contributed by atoms with van der Waals surface area (Å²) in [6.45, 7) is 0. The second-order valence-electron chi connectivity index (χ2n) is 17.5. The molecule has 0 bridgehead atoms. The fourth-order valence-corrected chi connectivity index (χ4v) is 9.17. The van der Waals surface area contributed by atoms with Gasteiger partial charge in [0.2, 0.25) is 23.6 Å². The van der Waals surface area contributed by atoms with Crippen molar-refractivity contribution in [3.05, 3.63) is 213 Å². The number of rotatable bonds is 9. The number of nitrogens with zero attached hydrogens (tertiary/aromatic N) is 7. The molecule has 0 atom stereocenters. The van der Waals surface area contributed by atoms with Crippen LogP contribution in [0.2, 0.25) is 0 Å². The van der Waals surface area contributed by atoms with Gasteiger partial charge in [0.05, 0.1) is 11.1 Å². The fourth-order valence-electron chi connectivity index (χ4n) is 9.17. The van der Waals surface area contributed by atoms with Crippen molar-refractivity contribution in [2.45, 2.75) is 0 Å². The Morgan fingerprint density at radius 2 is 0.500 bits per heavy atom. The number of benzene rings is 7. The third-order valence-corrected chi connectivity index (χ3v) is 12.8. The summed E-state index contributed by atoms with van der Waals surface area (Å²) in [7, 11) is 0. The first-order valence-electron chi connectivity index (χ1n) is 23.3. The van der Waals surface area contributed by atoms with Gasteiger partial charge in [0.15, 0.2) is 22.3 Å². The van der Waals surface area contributed by atoms with E-state index >= 15 is 0 Å². The van der Waals surface area contributed by atoms with Gasteiger partial charge in [0.25, 0.3) is 0 Å². The van der Waals surface area contributed by atoms with E-state index in [4.69, 9.17) is 32.6 Å². The van der Waals surface area contributed by atoms with Crippen molar-refractivity contribution in [3.8, 4) is 101 Å². The van der Waals surface area contributed by atoms with Gasteiger partial charge in [-0.05, 0) is 130 Å². The van der Waals surface area contributed by atoms with E-state index in [0.29, 0.717) is 34.7 Å². The summed E-state index contributed by atoms with van der Waals surface area (Å²) in [5.74, 6) is 2.12. The number of para-hydroxylation sites is 4. The van der Waals surface area contributed by atoms with Crippen LogP contribution in [-0.4, -0.2) is 34.9 Å². The lowest BCUT2D eigenvalue weighted by Gasteiger charge is -2.07. The Labute approximate surface area is 409 Å². The first-order chi connectivity index (χ1) is 35.6. The van der Waals surface area contributed by atoms with Gasteiger partial charge in [-0.15, -0.1) is 0 Å². The Kier molecular flexibility index (Phi) is 9.56. The molecule has 0 aliphatic rings. The molecular formula is C61H35N7O4. The lowest BCUT2D eigenvalue weighted by Crippen LogP contribution is -1.87. The number of fused-ring (bicyclic) bond motifs is 4. The summed E-state index contributed by atoms with van der Waals surface area (Å²) in [5.41, 5.74) is 19.0. The summed E-state index contributed by atoms with van der Waals surface area (Å²) >= 11 is 0. The SMILES string of the molecule is c1cc(-c2cncc(-c3nc4ccccc4o3)c2)cc(-c2cncc(-c3nc4ccc(-c5ccc6nc(-c7cccc(-c8cncc(-c9cccc(-c%10nc%11ccccc%11o%10)c9)c8)c7)oc6c5)cc4o3)c2)c1. The minimum absolute atomic E-state index is 0.480. The van der Waals surface area contributed by atoms with E-state index in [1.54, 1.807) is 12.4 Å². The Bertz CT molecular complexity index is 4050. The van der Waals surface area contributed by atoms with Gasteiger partial charge < -0.3 is 17.7 Å². The molecule has 0 saturated heterocycles. The van der Waals surface area contributed by atoms with Crippen molar-refractivity contribution in [1.82, 2.24) is 34.9 Å². The average molecular weight is 930 g/mol. The highest BCUT2D eigenvalue weighted by Crippen LogP contribution is 2.36. The van der Waals surface area contributed by atoms with E-state index < -0.39 is 0 Å². The summed E-state index contributed by atoms with van der Waals surface area (Å²) < 4.78 is 25.0. The number of oxazole rings is 4. The molecule has 72 heavy (non-hydrogen) atoms. The molecule has 7 heterocycles. The van der Waals surface area contributed by atoms with Gasteiger partial charge >= 0.3 is 0 Å². The van der Waals surface area contributed by atoms with Crippen molar-refractivity contribution >= 4 is 44.4 Å². The van der Waals surface area contributed by atoms with Crippen LogP contribution < -0.4 is 0 Å². The molecule has 14 aromatic rings. The number of hydrogen-bond donors (Lipinski definition) is 0. The molecule has 338 valence electrons. The minimum Gasteiger partial charge on any atom is -0.436 e. The molecule has 7 aromatic carbocycles. The molecule has 11 nitrogen and oxygen atoms in total. The van der Waals surface area contributed by atoms with Gasteiger partial charge in [-0.25, -0.2) is 19.9 Å². The number of hydrogen-bond acceptors (Lipinski definition) is 11. The van der Waals surface area contributed by atoms with Gasteiger partial charge in [0.1, 0.15) is 22.1 Å². The van der Waals surface area contributed by atoms with Gasteiger partial charge in [-0.1, -0.05) is 78.9 Å². The monoisotopic (exact) mass is 929 g/mol. The maximum absolute atomic E-state index is 6.45. The van der Waals surface area contributed by atoms with Crippen LogP contribution in [0.15, 0.2) is 231 Å². The topological polar surface area (TPSA) is 143 Å². The highest BCUT2D eigenvalue weighted by atomic mass is 16.4. The van der Waals surface area contributed by atoms with Crippen molar-refractivity contribution in [2.24, 2.45) is 0 Å². The Balaban J connectivity index is 0.703. The van der Waals surface area contributed by atoms with E-state index in [9.17, 15) is 0 Å². The second-order valence-corrected chi connectivity index (χ2v) is 17.5. The zero-order valence-electron chi connectivity index (χ0n) is 38.0. The molecule has 0 unspecified atom stereocenters. The van der Waals surface area contributed by atoms with Crippen molar-refractivity contribution < 1.29 is 17.7 Å². The first-order valence-corrected chi connectivity index (χ1v) is 23.3. The summed E-state index contributed by atoms with van der Waals surface area (Å²) in [5, 5.41) is 0. The molecule has 0 aliphatic heterocycles. The third kappa shape index (κ3) is 7.54. The van der Waals surface area contributed by atoms with Crippen LogP contribution in [0, 0.1) is 0 Å². The minimum atomic E-state index is 0.480. The van der Waals surface area contributed by atoms with Gasteiger partial charge in [-0.2, -0.15) is 0 Å². The summed E-state index contributed by atoms with van der Waals surface area (Å²) in [4.78, 5) is 32.9. The van der Waals surface area contributed by atoms with Crippen LogP contribution in [0.5, 0.6) is 0 Å². The Morgan fingerprint density at radius 3 is 0.917 bits per heavy atom. The van der Waals surface area contributed by atoms with E-state index in [1.165, 1.54) is 0 Å². The number of pyridine rings is 3. The molecule has 0 radical (unpaired) electrons. The van der Waals surface area contributed by atoms with Crippen LogP contribution in [0.1, 0.15) is 0 Å². The Morgan fingerprint density at radius 1 is 0.208 bits per heavy atom. The van der Waals surface area contributed by atoms with E-state index in [0.717, 1.165) is 111 Å². The van der Waals surface area contributed by atoms with Crippen molar-refractivity contribution in [1.29, 1.82) is 0 Å². The zero-order valence-corrected chi connectivity index (χ0v) is 38.0. The number of aromatic nitrogens is 7. The van der Waals surface area contributed by atoms with Gasteiger partial charge in [0, 0.05) is 70.6 Å². The molecule has 11 heteroatoms. The van der Waals surface area contributed by atoms with Crippen molar-refractivity contribution in [2.75, 3.05) is 0 Å². The lowest BCUT2D eigenvalue weighted by atomic mass is 9.99. The van der Waals surface area contributed by atoms with Gasteiger partial charge in [-0.3, -0.25) is 15.0 Å². The van der Waals surface area contributed by atoms with Crippen LogP contribution >= 0.6 is 0 Å². The highest BCUT2D eigenvalue weighted by Gasteiger charge is 2.17. The standard InChI is InChI=1S/C61H35N7O4/c1-3-16-54-50(14-1)65-58(69-54)42-12-6-10-38(23-42)44-25-45(31-62-30-44)39-11-7-13-43(24-39)59-67-52-20-18-40(28-56(52)71-59)41-19-21-53-57(29-41)72-61(68-53)49-27-47(33-64-35-49)37-9-5-8-36(22-37)46-26-48(34-63-32-46)60-66-51-15-2-4-17-55(51)70-60/h1-35H. The van der Waals surface area contributed by atoms with E-state index in [1.807, 2.05) is 152 Å². The smallest absolute Gasteiger partial charge is 0.228 e. The highest BCUT2D eigenvalue weighted by molar-refractivity contribution is 5.88. The quantitative estimate of drug-likeness (QED) is 0.136. The lowest BCUT2D eigenvalue weighted by molar-refractivity contribution is 0.619. The second kappa shape index (κ2) is 16.8. The summed E-state index contributed by atoms with van der Waals surface area (Å²) in [6, 6.07) is 58.4. The molecule has 0 saturated carbocycles. The maximum Gasteiger partial charge on any atom is 0.228 e. The molecule has 0 fully saturated rings. The largest absolute Gasteiger partial charge is 0.436 e. The molecule has 0 spiro atoms. The first kappa shape index (κ1) is 40.9. The summed E-state index contributed by atoms with van der Waals surface area (Å²) in [6.07, 6.45) is 11.0. The average Bonchev–Trinajstić information content (AvgIpc) is 4.28. The normalized spacial score (nSPS) is 11.6. The van der Waals surface area contributed by atoms with E-state index in [2.05, 4.69) is 68.5 Å². The maximum atomic E-state index is 6.45. The third-order valence-electron chi connectivity index (χ3n) is 12.8. The molecule has 0 aliphatic carbocycles. The van der Waals surface area contributed by atoms with Crippen LogP contribution in [0.3, 0.4) is 0 Å². The predicted molar refractivity (Wildman–Crippen MR) is 279 cm³/mol. The van der Waals surface area contributed by atoms with Crippen LogP contribution in [0.25, 0.3) is 146 Å². The van der Waals surface area contributed by atoms with E-state index in [-0.39, 0.29) is 0 Å². The fraction of sp³-hybridized carbons (Fsp3) is 0. The molecule has 0 amide bonds. The molecular weight excluding hydrogens is 895 g/mol.